The summed E-state index contributed by atoms with van der Waals surface area (Å²) in [6.07, 6.45) is 8.22. The van der Waals surface area contributed by atoms with E-state index in [-0.39, 0.29) is 5.91 Å². The van der Waals surface area contributed by atoms with E-state index in [9.17, 15) is 4.79 Å². The Morgan fingerprint density at radius 1 is 1.03 bits per heavy atom. The van der Waals surface area contributed by atoms with Crippen molar-refractivity contribution in [1.29, 1.82) is 0 Å². The third-order valence-electron chi connectivity index (χ3n) is 8.17. The molecule has 2 fully saturated rings. The molecule has 0 spiro atoms. The van der Waals surface area contributed by atoms with Crippen LogP contribution in [0.2, 0.25) is 0 Å². The molecule has 4 aromatic rings. The van der Waals surface area contributed by atoms with Gasteiger partial charge in [-0.1, -0.05) is 18.2 Å². The number of piperidine rings is 1. The summed E-state index contributed by atoms with van der Waals surface area (Å²) in [4.78, 5) is 15.2. The van der Waals surface area contributed by atoms with Crippen molar-refractivity contribution in [2.24, 2.45) is 7.05 Å². The van der Waals surface area contributed by atoms with E-state index < -0.39 is 6.10 Å². The van der Waals surface area contributed by atoms with Crippen molar-refractivity contribution in [3.63, 3.8) is 0 Å². The molecule has 200 valence electrons. The maximum absolute atomic E-state index is 13.3. The number of nitrogens with one attached hydrogen (secondary N) is 2. The summed E-state index contributed by atoms with van der Waals surface area (Å²) >= 11 is 0. The molecule has 1 amide bonds. The first-order valence-electron chi connectivity index (χ1n) is 13.8. The van der Waals surface area contributed by atoms with Crippen LogP contribution in [0.1, 0.15) is 42.0 Å². The molecule has 2 saturated heterocycles. The van der Waals surface area contributed by atoms with E-state index in [1.165, 1.54) is 5.56 Å². The predicted octanol–water partition coefficient (Wildman–Crippen LogP) is 3.97. The van der Waals surface area contributed by atoms with Gasteiger partial charge in [-0.2, -0.15) is 10.2 Å². The minimum absolute atomic E-state index is 0.0102. The normalized spacial score (nSPS) is 20.8. The Hall–Kier alpha value is -4.11. The van der Waals surface area contributed by atoms with Crippen molar-refractivity contribution in [3.05, 3.63) is 59.4 Å². The van der Waals surface area contributed by atoms with Gasteiger partial charge in [-0.05, 0) is 73.3 Å². The molecule has 2 N–H and O–H groups in total. The van der Waals surface area contributed by atoms with Crippen LogP contribution < -0.4 is 14.8 Å². The van der Waals surface area contributed by atoms with E-state index >= 15 is 0 Å². The quantitative estimate of drug-likeness (QED) is 0.391. The number of fused-ring (bicyclic) bond motifs is 6. The Kier molecular flexibility index (Phi) is 6.08. The van der Waals surface area contributed by atoms with Crippen LogP contribution >= 0.6 is 0 Å². The zero-order valence-electron chi connectivity index (χ0n) is 22.0. The molecule has 5 heterocycles. The molecule has 7 rings (SSSR count). The summed E-state index contributed by atoms with van der Waals surface area (Å²) in [5.74, 6) is 1.93. The molecule has 2 aromatic heterocycles. The molecule has 3 aliphatic heterocycles. The topological polar surface area (TPSA) is 97.3 Å². The number of ether oxygens (including phenoxy) is 2. The molecule has 2 aromatic carbocycles. The predicted molar refractivity (Wildman–Crippen MR) is 150 cm³/mol. The molecule has 9 nitrogen and oxygen atoms in total. The highest BCUT2D eigenvalue weighted by molar-refractivity contribution is 5.93. The number of aromatic nitrogens is 4. The van der Waals surface area contributed by atoms with Crippen LogP contribution in [0, 0.1) is 0 Å². The summed E-state index contributed by atoms with van der Waals surface area (Å²) in [6.45, 7) is 3.57. The van der Waals surface area contributed by atoms with Gasteiger partial charge in [-0.15, -0.1) is 0 Å². The lowest BCUT2D eigenvalue weighted by Crippen LogP contribution is -2.35. The summed E-state index contributed by atoms with van der Waals surface area (Å²) in [5, 5.41) is 16.6. The van der Waals surface area contributed by atoms with Crippen molar-refractivity contribution in [2.45, 2.75) is 31.3 Å². The highest BCUT2D eigenvalue weighted by atomic mass is 16.5. The maximum Gasteiger partial charge on any atom is 0.263 e. The Morgan fingerprint density at radius 3 is 2.82 bits per heavy atom. The fourth-order valence-corrected chi connectivity index (χ4v) is 5.94. The minimum atomic E-state index is -0.504. The lowest BCUT2D eigenvalue weighted by molar-refractivity contribution is -0.133. The molecule has 0 saturated carbocycles. The molecule has 4 bridgehead atoms. The van der Waals surface area contributed by atoms with Gasteiger partial charge in [-0.25, -0.2) is 4.68 Å². The third kappa shape index (κ3) is 4.46. The van der Waals surface area contributed by atoms with E-state index in [0.29, 0.717) is 37.9 Å². The van der Waals surface area contributed by atoms with Gasteiger partial charge in [0.05, 0.1) is 29.5 Å². The summed E-state index contributed by atoms with van der Waals surface area (Å²) in [5.41, 5.74) is 5.90. The molecule has 9 heteroatoms. The van der Waals surface area contributed by atoms with Crippen molar-refractivity contribution in [1.82, 2.24) is 30.2 Å². The van der Waals surface area contributed by atoms with Crippen molar-refractivity contribution < 1.29 is 14.3 Å². The van der Waals surface area contributed by atoms with Gasteiger partial charge in [0.1, 0.15) is 12.4 Å². The van der Waals surface area contributed by atoms with Gasteiger partial charge in [-0.3, -0.25) is 9.89 Å². The van der Waals surface area contributed by atoms with E-state index in [1.54, 1.807) is 4.68 Å². The highest BCUT2D eigenvalue weighted by Crippen LogP contribution is 2.35. The van der Waals surface area contributed by atoms with Crippen molar-refractivity contribution in [2.75, 3.05) is 32.8 Å². The lowest BCUT2D eigenvalue weighted by atomic mass is 9.89. The molecule has 1 atom stereocenters. The Bertz CT molecular complexity index is 1560. The van der Waals surface area contributed by atoms with Crippen LogP contribution in [0.5, 0.6) is 11.6 Å². The van der Waals surface area contributed by atoms with Crippen LogP contribution in [0.25, 0.3) is 34.2 Å². The molecule has 3 aliphatic rings. The zero-order valence-corrected chi connectivity index (χ0v) is 22.0. The molecular weight excluding hydrogens is 492 g/mol. The fraction of sp³-hybridized carbons (Fsp3) is 0.367. The number of carbonyl (C=O) groups is 1. The van der Waals surface area contributed by atoms with Gasteiger partial charge in [0.2, 0.25) is 5.88 Å². The lowest BCUT2D eigenvalue weighted by Gasteiger charge is -2.24. The van der Waals surface area contributed by atoms with Gasteiger partial charge in [0.25, 0.3) is 5.91 Å². The van der Waals surface area contributed by atoms with Crippen LogP contribution in [-0.2, 0) is 11.8 Å². The second-order valence-corrected chi connectivity index (χ2v) is 10.6. The van der Waals surface area contributed by atoms with Crippen molar-refractivity contribution >= 4 is 29.0 Å². The zero-order chi connectivity index (χ0) is 26.3. The number of rotatable bonds is 1. The summed E-state index contributed by atoms with van der Waals surface area (Å²) in [7, 11) is 1.87. The second-order valence-electron chi connectivity index (χ2n) is 10.6. The van der Waals surface area contributed by atoms with E-state index in [0.717, 1.165) is 65.0 Å². The average molecular weight is 525 g/mol. The number of H-pyrrole nitrogens is 1. The average Bonchev–Trinajstić information content (AvgIpc) is 3.65. The SMILES string of the molecule is Cn1ncc2c1OCCN1CC[C@@H](Oc3cc(C4CCNCC4)ccc3/C=C/c3n[nH]c4ccc-2cc34)C1=O. The number of hydrogen-bond acceptors (Lipinski definition) is 6. The summed E-state index contributed by atoms with van der Waals surface area (Å²) in [6, 6.07) is 12.7. The molecule has 39 heavy (non-hydrogen) atoms. The first kappa shape index (κ1) is 24.0. The second kappa shape index (κ2) is 9.89. The summed E-state index contributed by atoms with van der Waals surface area (Å²) < 4.78 is 14.4. The number of nitrogens with zero attached hydrogens (tertiary/aromatic N) is 4. The number of hydrogen-bond donors (Lipinski definition) is 2. The van der Waals surface area contributed by atoms with Gasteiger partial charge in [0, 0.05) is 31.0 Å². The van der Waals surface area contributed by atoms with Gasteiger partial charge >= 0.3 is 0 Å². The monoisotopic (exact) mass is 524 g/mol. The third-order valence-corrected chi connectivity index (χ3v) is 8.17. The van der Waals surface area contributed by atoms with Gasteiger partial charge < -0.3 is 19.7 Å². The largest absolute Gasteiger partial charge is 0.480 e. The van der Waals surface area contributed by atoms with E-state index in [4.69, 9.17) is 9.47 Å². The van der Waals surface area contributed by atoms with E-state index in [2.05, 4.69) is 44.9 Å². The minimum Gasteiger partial charge on any atom is -0.480 e. The van der Waals surface area contributed by atoms with Crippen LogP contribution in [0.3, 0.4) is 0 Å². The highest BCUT2D eigenvalue weighted by Gasteiger charge is 2.34. The van der Waals surface area contributed by atoms with Crippen LogP contribution in [0.4, 0.5) is 0 Å². The van der Waals surface area contributed by atoms with Crippen LogP contribution in [-0.4, -0.2) is 69.7 Å². The van der Waals surface area contributed by atoms with Gasteiger partial charge in [0.15, 0.2) is 6.10 Å². The smallest absolute Gasteiger partial charge is 0.263 e. The molecular formula is C30H32N6O3. The number of aromatic amines is 1. The van der Waals surface area contributed by atoms with Crippen LogP contribution in [0.15, 0.2) is 42.6 Å². The van der Waals surface area contributed by atoms with E-state index in [1.807, 2.05) is 42.4 Å². The first-order chi connectivity index (χ1) is 19.1. The number of aryl methyl sites for hydroxylation is 1. The molecule has 0 aliphatic carbocycles. The number of amides is 1. The molecule has 0 unspecified atom stereocenters. The Balaban J connectivity index is 1.32. The Labute approximate surface area is 226 Å². The first-order valence-corrected chi connectivity index (χ1v) is 13.8. The standard InChI is InChI=1S/C30H32N6O3/c1-35-30-24(18-32-35)22-5-7-26-23(16-22)25(33-34-26)6-4-20-2-3-21(19-8-11-31-12-9-19)17-28(20)39-27-10-13-36(29(27)37)14-15-38-30/h2-7,16-19,27,31H,8-15H2,1H3,(H,33,34)/b6-4+/t27-/m1/s1. The Morgan fingerprint density at radius 2 is 1.92 bits per heavy atom. The number of benzene rings is 2. The number of carbonyl (C=O) groups excluding carboxylic acids is 1. The maximum atomic E-state index is 13.3. The van der Waals surface area contributed by atoms with Crippen molar-refractivity contribution in [3.8, 4) is 22.8 Å². The fourth-order valence-electron chi connectivity index (χ4n) is 5.94. The molecule has 0 radical (unpaired) electrons.